The Morgan fingerprint density at radius 2 is 2.12 bits per heavy atom. The summed E-state index contributed by atoms with van der Waals surface area (Å²) in [6.45, 7) is 5.00. The molecule has 0 spiro atoms. The van der Waals surface area contributed by atoms with E-state index in [1.807, 2.05) is 31.2 Å². The van der Waals surface area contributed by atoms with Crippen molar-refractivity contribution in [2.75, 3.05) is 0 Å². The molecule has 0 bridgehead atoms. The summed E-state index contributed by atoms with van der Waals surface area (Å²) >= 11 is 6.21. The second-order valence-corrected chi connectivity index (χ2v) is 4.83. The minimum atomic E-state index is 0.800. The summed E-state index contributed by atoms with van der Waals surface area (Å²) < 4.78 is 0. The SMILES string of the molecule is Cc1cc(Cl)c(C)c2c1CN1C=CC=CC1=N2. The second-order valence-electron chi connectivity index (χ2n) is 4.43. The van der Waals surface area contributed by atoms with Crippen molar-refractivity contribution < 1.29 is 0 Å². The molecule has 0 aliphatic carbocycles. The predicted octanol–water partition coefficient (Wildman–Crippen LogP) is 3.89. The van der Waals surface area contributed by atoms with Crippen molar-refractivity contribution in [2.24, 2.45) is 4.99 Å². The van der Waals surface area contributed by atoms with Crippen LogP contribution in [0.15, 0.2) is 35.5 Å². The van der Waals surface area contributed by atoms with Gasteiger partial charge in [-0.2, -0.15) is 0 Å². The van der Waals surface area contributed by atoms with Gasteiger partial charge in [0.2, 0.25) is 0 Å². The number of aryl methyl sites for hydroxylation is 1. The van der Waals surface area contributed by atoms with Gasteiger partial charge in [-0.05, 0) is 43.2 Å². The lowest BCUT2D eigenvalue weighted by molar-refractivity contribution is 0.542. The summed E-state index contributed by atoms with van der Waals surface area (Å²) in [5, 5.41) is 0.800. The van der Waals surface area contributed by atoms with Gasteiger partial charge < -0.3 is 4.90 Å². The summed E-state index contributed by atoms with van der Waals surface area (Å²) in [5.41, 5.74) is 4.60. The van der Waals surface area contributed by atoms with Gasteiger partial charge in [-0.25, -0.2) is 4.99 Å². The highest BCUT2D eigenvalue weighted by Gasteiger charge is 2.21. The quantitative estimate of drug-likeness (QED) is 0.676. The number of aliphatic imine (C=N–C) groups is 1. The molecule has 0 atom stereocenters. The highest BCUT2D eigenvalue weighted by Crippen LogP contribution is 2.37. The zero-order valence-corrected chi connectivity index (χ0v) is 10.6. The molecule has 0 radical (unpaired) electrons. The van der Waals surface area contributed by atoms with Gasteiger partial charge in [-0.1, -0.05) is 17.7 Å². The van der Waals surface area contributed by atoms with Crippen LogP contribution in [0.5, 0.6) is 0 Å². The van der Waals surface area contributed by atoms with Gasteiger partial charge in [0.25, 0.3) is 0 Å². The molecule has 0 amide bonds. The molecule has 0 saturated heterocycles. The molecule has 2 aliphatic rings. The third kappa shape index (κ3) is 1.60. The molecular weight excluding hydrogens is 232 g/mol. The molecule has 2 nitrogen and oxygen atoms in total. The van der Waals surface area contributed by atoms with Gasteiger partial charge in [0.05, 0.1) is 12.2 Å². The summed E-state index contributed by atoms with van der Waals surface area (Å²) in [6, 6.07) is 2.03. The van der Waals surface area contributed by atoms with Crippen molar-refractivity contribution in [3.63, 3.8) is 0 Å². The van der Waals surface area contributed by atoms with Crippen LogP contribution in [0.25, 0.3) is 0 Å². The molecule has 1 aromatic carbocycles. The Morgan fingerprint density at radius 3 is 2.94 bits per heavy atom. The zero-order chi connectivity index (χ0) is 12.0. The van der Waals surface area contributed by atoms with Crippen LogP contribution in [0.4, 0.5) is 5.69 Å². The van der Waals surface area contributed by atoms with E-state index in [4.69, 9.17) is 16.6 Å². The molecule has 0 saturated carbocycles. The lowest BCUT2D eigenvalue weighted by Gasteiger charge is -2.29. The fraction of sp³-hybridized carbons (Fsp3) is 0.214. The number of fused-ring (bicyclic) bond motifs is 2. The Labute approximate surface area is 106 Å². The molecule has 86 valence electrons. The van der Waals surface area contributed by atoms with Crippen LogP contribution in [0.1, 0.15) is 16.7 Å². The van der Waals surface area contributed by atoms with E-state index in [9.17, 15) is 0 Å². The molecule has 0 N–H and O–H groups in total. The van der Waals surface area contributed by atoms with Gasteiger partial charge in [0.15, 0.2) is 0 Å². The Balaban J connectivity index is 2.23. The molecule has 0 unspecified atom stereocenters. The number of hydrogen-bond donors (Lipinski definition) is 0. The number of amidine groups is 1. The maximum Gasteiger partial charge on any atom is 0.133 e. The number of benzene rings is 1. The van der Waals surface area contributed by atoms with Gasteiger partial charge in [-0.15, -0.1) is 0 Å². The molecule has 17 heavy (non-hydrogen) atoms. The number of hydrogen-bond acceptors (Lipinski definition) is 2. The number of rotatable bonds is 0. The fourth-order valence-corrected chi connectivity index (χ4v) is 2.50. The minimum Gasteiger partial charge on any atom is -0.329 e. The summed E-state index contributed by atoms with van der Waals surface area (Å²) in [6.07, 6.45) is 8.12. The molecule has 3 heteroatoms. The molecule has 1 aromatic rings. The van der Waals surface area contributed by atoms with Crippen LogP contribution in [0.3, 0.4) is 0 Å². The van der Waals surface area contributed by atoms with E-state index in [0.717, 1.165) is 28.7 Å². The van der Waals surface area contributed by atoms with E-state index in [-0.39, 0.29) is 0 Å². The van der Waals surface area contributed by atoms with Crippen LogP contribution in [0.2, 0.25) is 5.02 Å². The summed E-state index contributed by atoms with van der Waals surface area (Å²) in [5.74, 6) is 0.991. The largest absolute Gasteiger partial charge is 0.329 e. The molecule has 2 heterocycles. The first kappa shape index (κ1) is 10.6. The van der Waals surface area contributed by atoms with Crippen molar-refractivity contribution in [3.8, 4) is 0 Å². The molecule has 0 fully saturated rings. The third-order valence-corrected chi connectivity index (χ3v) is 3.68. The number of nitrogens with zero attached hydrogens (tertiary/aromatic N) is 2. The number of halogens is 1. The normalized spacial score (nSPS) is 16.6. The van der Waals surface area contributed by atoms with Crippen LogP contribution in [0, 0.1) is 13.8 Å². The summed E-state index contributed by atoms with van der Waals surface area (Å²) in [7, 11) is 0. The monoisotopic (exact) mass is 244 g/mol. The van der Waals surface area contributed by atoms with Gasteiger partial charge in [-0.3, -0.25) is 0 Å². The third-order valence-electron chi connectivity index (χ3n) is 3.29. The van der Waals surface area contributed by atoms with Crippen molar-refractivity contribution in [1.82, 2.24) is 4.90 Å². The first-order valence-corrected chi connectivity index (χ1v) is 6.03. The van der Waals surface area contributed by atoms with Crippen molar-refractivity contribution >= 4 is 23.1 Å². The minimum absolute atomic E-state index is 0.800. The Hall–Kier alpha value is -1.54. The smallest absolute Gasteiger partial charge is 0.133 e. The molecular formula is C14H13ClN2. The standard InChI is InChI=1S/C14H13ClN2/c1-9-7-12(15)10(2)14-11(9)8-17-6-4-3-5-13(17)16-14/h3-7H,8H2,1-2H3. The Kier molecular flexibility index (Phi) is 2.33. The van der Waals surface area contributed by atoms with Gasteiger partial charge in [0.1, 0.15) is 5.84 Å². The predicted molar refractivity (Wildman–Crippen MR) is 71.8 cm³/mol. The van der Waals surface area contributed by atoms with Gasteiger partial charge >= 0.3 is 0 Å². The Morgan fingerprint density at radius 1 is 1.29 bits per heavy atom. The average Bonchev–Trinajstić information content (AvgIpc) is 2.34. The van der Waals surface area contributed by atoms with E-state index in [1.165, 1.54) is 11.1 Å². The fourth-order valence-electron chi connectivity index (χ4n) is 2.25. The van der Waals surface area contributed by atoms with E-state index >= 15 is 0 Å². The number of allylic oxidation sites excluding steroid dienone is 2. The lowest BCUT2D eigenvalue weighted by Crippen LogP contribution is -2.28. The summed E-state index contributed by atoms with van der Waals surface area (Å²) in [4.78, 5) is 6.86. The topological polar surface area (TPSA) is 15.6 Å². The molecule has 2 aliphatic heterocycles. The van der Waals surface area contributed by atoms with E-state index in [1.54, 1.807) is 0 Å². The lowest BCUT2D eigenvalue weighted by atomic mass is 10.00. The first-order chi connectivity index (χ1) is 8.16. The highest BCUT2D eigenvalue weighted by molar-refractivity contribution is 6.31. The maximum absolute atomic E-state index is 6.21. The second kappa shape index (κ2) is 3.74. The molecule has 0 aromatic heterocycles. The first-order valence-electron chi connectivity index (χ1n) is 5.65. The average molecular weight is 245 g/mol. The Bertz CT molecular complexity index is 582. The van der Waals surface area contributed by atoms with E-state index < -0.39 is 0 Å². The van der Waals surface area contributed by atoms with E-state index in [0.29, 0.717) is 0 Å². The van der Waals surface area contributed by atoms with E-state index in [2.05, 4.69) is 18.0 Å². The maximum atomic E-state index is 6.21. The van der Waals surface area contributed by atoms with Crippen molar-refractivity contribution in [1.29, 1.82) is 0 Å². The molecule has 3 rings (SSSR count). The zero-order valence-electron chi connectivity index (χ0n) is 9.87. The van der Waals surface area contributed by atoms with Crippen LogP contribution in [-0.4, -0.2) is 10.7 Å². The van der Waals surface area contributed by atoms with Crippen LogP contribution < -0.4 is 0 Å². The van der Waals surface area contributed by atoms with Crippen molar-refractivity contribution in [3.05, 3.63) is 52.2 Å². The van der Waals surface area contributed by atoms with Gasteiger partial charge in [0, 0.05) is 16.8 Å². The highest BCUT2D eigenvalue weighted by atomic mass is 35.5. The van der Waals surface area contributed by atoms with Crippen LogP contribution >= 0.6 is 11.6 Å². The van der Waals surface area contributed by atoms with Crippen LogP contribution in [-0.2, 0) is 6.54 Å². The van der Waals surface area contributed by atoms with Crippen molar-refractivity contribution in [2.45, 2.75) is 20.4 Å².